The number of amides is 2. The molecule has 2 fully saturated rings. The molecule has 1 aromatic rings. The van der Waals surface area contributed by atoms with Gasteiger partial charge in [0.1, 0.15) is 0 Å². The Morgan fingerprint density at radius 1 is 1.35 bits per heavy atom. The van der Waals surface area contributed by atoms with Crippen LogP contribution in [0.3, 0.4) is 0 Å². The number of piperidine rings is 1. The van der Waals surface area contributed by atoms with Crippen molar-refractivity contribution in [3.63, 3.8) is 0 Å². The molecule has 4 nitrogen and oxygen atoms in total. The number of carbonyl (C=O) groups is 1. The molecule has 1 aliphatic heterocycles. The van der Waals surface area contributed by atoms with E-state index in [0.717, 1.165) is 19.3 Å². The van der Waals surface area contributed by atoms with E-state index < -0.39 is 5.60 Å². The lowest BCUT2D eigenvalue weighted by atomic mass is 9.65. The van der Waals surface area contributed by atoms with E-state index in [2.05, 4.69) is 24.4 Å². The molecule has 126 valence electrons. The molecule has 4 heteroatoms. The highest BCUT2D eigenvalue weighted by atomic mass is 16.3. The lowest BCUT2D eigenvalue weighted by Gasteiger charge is -2.50. The maximum Gasteiger partial charge on any atom is 0.317 e. The van der Waals surface area contributed by atoms with Crippen LogP contribution in [0.1, 0.15) is 38.2 Å². The number of nitrogens with zero attached hydrogens (tertiary/aromatic N) is 1. The first-order valence-electron chi connectivity index (χ1n) is 8.88. The number of hydrogen-bond donors (Lipinski definition) is 2. The third-order valence-corrected chi connectivity index (χ3v) is 5.76. The second-order valence-electron chi connectivity index (χ2n) is 7.18. The monoisotopic (exact) mass is 316 g/mol. The minimum absolute atomic E-state index is 0.00319. The zero-order valence-electron chi connectivity index (χ0n) is 14.0. The van der Waals surface area contributed by atoms with Gasteiger partial charge in [-0.05, 0) is 37.2 Å². The van der Waals surface area contributed by atoms with Crippen molar-refractivity contribution >= 4 is 6.03 Å². The highest BCUT2D eigenvalue weighted by molar-refractivity contribution is 5.74. The molecule has 2 aliphatic rings. The topological polar surface area (TPSA) is 52.6 Å². The summed E-state index contributed by atoms with van der Waals surface area (Å²) in [6, 6.07) is 10.2. The average molecular weight is 316 g/mol. The van der Waals surface area contributed by atoms with Gasteiger partial charge in [0.2, 0.25) is 0 Å². The molecule has 0 bridgehead atoms. The van der Waals surface area contributed by atoms with Crippen LogP contribution in [0.4, 0.5) is 4.79 Å². The number of urea groups is 1. The predicted octanol–water partition coefficient (Wildman–Crippen LogP) is 2.81. The van der Waals surface area contributed by atoms with Crippen LogP contribution >= 0.6 is 0 Å². The summed E-state index contributed by atoms with van der Waals surface area (Å²) in [6.45, 7) is 4.06. The van der Waals surface area contributed by atoms with Gasteiger partial charge in [0, 0.05) is 25.6 Å². The van der Waals surface area contributed by atoms with Crippen LogP contribution in [0.25, 0.3) is 0 Å². The lowest BCUT2D eigenvalue weighted by molar-refractivity contribution is -0.121. The molecule has 0 unspecified atom stereocenters. The van der Waals surface area contributed by atoms with Gasteiger partial charge in [-0.3, -0.25) is 0 Å². The summed E-state index contributed by atoms with van der Waals surface area (Å²) in [5, 5.41) is 13.9. The molecule has 0 spiro atoms. The maximum atomic E-state index is 12.3. The molecule has 0 radical (unpaired) electrons. The van der Waals surface area contributed by atoms with E-state index in [-0.39, 0.29) is 11.9 Å². The van der Waals surface area contributed by atoms with Crippen LogP contribution < -0.4 is 5.32 Å². The number of nitrogens with one attached hydrogen (secondary N) is 1. The number of hydrogen-bond acceptors (Lipinski definition) is 2. The number of likely N-dealkylation sites (tertiary alicyclic amines) is 1. The first-order chi connectivity index (χ1) is 11.1. The molecule has 2 N–H and O–H groups in total. The van der Waals surface area contributed by atoms with Crippen LogP contribution in [0.5, 0.6) is 0 Å². The van der Waals surface area contributed by atoms with E-state index in [0.29, 0.717) is 32.0 Å². The molecule has 1 saturated heterocycles. The van der Waals surface area contributed by atoms with Crippen molar-refractivity contribution in [2.75, 3.05) is 19.6 Å². The fourth-order valence-corrected chi connectivity index (χ4v) is 3.91. The highest BCUT2D eigenvalue weighted by Gasteiger charge is 2.47. The minimum atomic E-state index is -0.556. The van der Waals surface area contributed by atoms with Crippen molar-refractivity contribution in [1.82, 2.24) is 10.2 Å². The standard InChI is InChI=1S/C19H28N2O2/c1-15-14-21(13-11-19(15,23)17-8-5-9-17)18(22)20-12-10-16-6-3-2-4-7-16/h2-4,6-7,15,17,23H,5,8-14H2,1H3,(H,20,22)/t15-,19+/m1/s1. The van der Waals surface area contributed by atoms with Crippen molar-refractivity contribution in [1.29, 1.82) is 0 Å². The Bertz CT molecular complexity index is 529. The smallest absolute Gasteiger partial charge is 0.317 e. The van der Waals surface area contributed by atoms with Gasteiger partial charge in [0.25, 0.3) is 0 Å². The summed E-state index contributed by atoms with van der Waals surface area (Å²) in [5.74, 6) is 0.599. The van der Waals surface area contributed by atoms with E-state index >= 15 is 0 Å². The Morgan fingerprint density at radius 2 is 2.09 bits per heavy atom. The Balaban J connectivity index is 1.46. The van der Waals surface area contributed by atoms with Crippen LogP contribution in [-0.4, -0.2) is 41.3 Å². The van der Waals surface area contributed by atoms with Crippen LogP contribution in [-0.2, 0) is 6.42 Å². The quantitative estimate of drug-likeness (QED) is 0.897. The Kier molecular flexibility index (Phi) is 4.90. The Hall–Kier alpha value is -1.55. The van der Waals surface area contributed by atoms with Crippen LogP contribution in [0.15, 0.2) is 30.3 Å². The fourth-order valence-electron chi connectivity index (χ4n) is 3.91. The Morgan fingerprint density at radius 3 is 2.70 bits per heavy atom. The normalized spacial score (nSPS) is 28.3. The summed E-state index contributed by atoms with van der Waals surface area (Å²) in [7, 11) is 0. The van der Waals surface area contributed by atoms with Crippen molar-refractivity contribution in [3.8, 4) is 0 Å². The minimum Gasteiger partial charge on any atom is -0.389 e. The average Bonchev–Trinajstić information content (AvgIpc) is 2.49. The molecule has 1 saturated carbocycles. The Labute approximate surface area is 138 Å². The zero-order chi connectivity index (χ0) is 16.3. The molecule has 1 aromatic carbocycles. The second-order valence-corrected chi connectivity index (χ2v) is 7.18. The van der Waals surface area contributed by atoms with E-state index in [1.807, 2.05) is 23.1 Å². The van der Waals surface area contributed by atoms with Crippen molar-refractivity contribution in [2.24, 2.45) is 11.8 Å². The molecular weight excluding hydrogens is 288 g/mol. The molecule has 23 heavy (non-hydrogen) atoms. The van der Waals surface area contributed by atoms with Crippen molar-refractivity contribution in [3.05, 3.63) is 35.9 Å². The largest absolute Gasteiger partial charge is 0.389 e. The summed E-state index contributed by atoms with van der Waals surface area (Å²) >= 11 is 0. The predicted molar refractivity (Wildman–Crippen MR) is 91.2 cm³/mol. The van der Waals surface area contributed by atoms with Gasteiger partial charge >= 0.3 is 6.03 Å². The van der Waals surface area contributed by atoms with Crippen molar-refractivity contribution in [2.45, 2.75) is 44.6 Å². The van der Waals surface area contributed by atoms with Crippen LogP contribution in [0, 0.1) is 11.8 Å². The van der Waals surface area contributed by atoms with E-state index in [1.165, 1.54) is 12.0 Å². The highest BCUT2D eigenvalue weighted by Crippen LogP contribution is 2.44. The number of rotatable bonds is 4. The number of aliphatic hydroxyl groups is 1. The summed E-state index contributed by atoms with van der Waals surface area (Å²) in [5.41, 5.74) is 0.679. The van der Waals surface area contributed by atoms with Gasteiger partial charge < -0.3 is 15.3 Å². The third kappa shape index (κ3) is 3.52. The van der Waals surface area contributed by atoms with Gasteiger partial charge in [0.05, 0.1) is 5.60 Å². The summed E-state index contributed by atoms with van der Waals surface area (Å²) in [6.07, 6.45) is 5.09. The van der Waals surface area contributed by atoms with E-state index in [1.54, 1.807) is 0 Å². The zero-order valence-corrected chi connectivity index (χ0v) is 14.0. The summed E-state index contributed by atoms with van der Waals surface area (Å²) in [4.78, 5) is 14.2. The van der Waals surface area contributed by atoms with Gasteiger partial charge in [-0.25, -0.2) is 4.79 Å². The molecule has 1 heterocycles. The third-order valence-electron chi connectivity index (χ3n) is 5.76. The number of benzene rings is 1. The molecule has 1 aliphatic carbocycles. The SMILES string of the molecule is C[C@@H]1CN(C(=O)NCCc2ccccc2)CC[C@@]1(O)C1CCC1. The van der Waals surface area contributed by atoms with Crippen molar-refractivity contribution < 1.29 is 9.90 Å². The molecule has 2 atom stereocenters. The van der Waals surface area contributed by atoms with Gasteiger partial charge in [0.15, 0.2) is 0 Å². The van der Waals surface area contributed by atoms with Gasteiger partial charge in [-0.1, -0.05) is 43.7 Å². The molecule has 2 amide bonds. The molecule has 3 rings (SSSR count). The second kappa shape index (κ2) is 6.91. The maximum absolute atomic E-state index is 12.3. The first kappa shape index (κ1) is 16.3. The van der Waals surface area contributed by atoms with E-state index in [4.69, 9.17) is 0 Å². The van der Waals surface area contributed by atoms with Gasteiger partial charge in [-0.15, -0.1) is 0 Å². The van der Waals surface area contributed by atoms with E-state index in [9.17, 15) is 9.90 Å². The summed E-state index contributed by atoms with van der Waals surface area (Å²) < 4.78 is 0. The van der Waals surface area contributed by atoms with Gasteiger partial charge in [-0.2, -0.15) is 0 Å². The lowest BCUT2D eigenvalue weighted by Crippen LogP contribution is -2.58. The molecule has 0 aromatic heterocycles. The van der Waals surface area contributed by atoms with Crippen LogP contribution in [0.2, 0.25) is 0 Å². The first-order valence-corrected chi connectivity index (χ1v) is 8.88. The number of carbonyl (C=O) groups excluding carboxylic acids is 1. The fraction of sp³-hybridized carbons (Fsp3) is 0.632. The molecular formula is C19H28N2O2.